The van der Waals surface area contributed by atoms with Crippen LogP contribution in [0, 0.1) is 53.3 Å². The Morgan fingerprint density at radius 3 is 2.34 bits per heavy atom. The quantitative estimate of drug-likeness (QED) is 0.228. The van der Waals surface area contributed by atoms with E-state index in [1.54, 1.807) is 5.06 Å². The molecule has 232 valence electrons. The lowest BCUT2D eigenvalue weighted by atomic mass is 9.77. The van der Waals surface area contributed by atoms with Gasteiger partial charge in [-0.1, -0.05) is 38.0 Å². The molecule has 5 atom stereocenters. The van der Waals surface area contributed by atoms with Crippen LogP contribution in [0.4, 0.5) is 0 Å². The van der Waals surface area contributed by atoms with Crippen molar-refractivity contribution in [1.82, 2.24) is 10.4 Å². The third-order valence-electron chi connectivity index (χ3n) is 10.9. The number of fused-ring (bicyclic) bond motifs is 1. The number of amides is 1. The summed E-state index contributed by atoms with van der Waals surface area (Å²) in [4.78, 5) is 37.8. The first-order valence-electron chi connectivity index (χ1n) is 16.7. The number of hydrogen-bond acceptors (Lipinski definition) is 5. The lowest BCUT2D eigenvalue weighted by Crippen LogP contribution is -2.45. The van der Waals surface area contributed by atoms with E-state index in [2.05, 4.69) is 24.1 Å². The maximum absolute atomic E-state index is 13.4. The normalized spacial score (nSPS) is 38.2. The Morgan fingerprint density at radius 1 is 0.951 bits per heavy atom. The molecule has 41 heavy (non-hydrogen) atoms. The van der Waals surface area contributed by atoms with Gasteiger partial charge in [0.1, 0.15) is 12.1 Å². The summed E-state index contributed by atoms with van der Waals surface area (Å²) in [6.45, 7) is 3.46. The van der Waals surface area contributed by atoms with Gasteiger partial charge in [0, 0.05) is 31.3 Å². The van der Waals surface area contributed by atoms with Crippen LogP contribution in [0.2, 0.25) is 0 Å². The molecule has 0 aromatic heterocycles. The second kappa shape index (κ2) is 14.7. The van der Waals surface area contributed by atoms with Crippen molar-refractivity contribution in [3.8, 4) is 11.8 Å². The molecule has 4 saturated carbocycles. The fourth-order valence-electron chi connectivity index (χ4n) is 8.46. The van der Waals surface area contributed by atoms with E-state index in [1.807, 2.05) is 0 Å². The van der Waals surface area contributed by atoms with E-state index in [9.17, 15) is 19.1 Å². The van der Waals surface area contributed by atoms with Crippen LogP contribution >= 0.6 is 7.82 Å². The van der Waals surface area contributed by atoms with Gasteiger partial charge in [0.15, 0.2) is 0 Å². The molecule has 8 nitrogen and oxygen atoms in total. The fraction of sp³-hybridized carbons (Fsp3) is 0.906. The number of phosphoric ester groups is 1. The van der Waals surface area contributed by atoms with Crippen molar-refractivity contribution in [2.75, 3.05) is 19.7 Å². The van der Waals surface area contributed by atoms with Gasteiger partial charge < -0.3 is 15.1 Å². The van der Waals surface area contributed by atoms with Gasteiger partial charge in [-0.25, -0.2) is 4.57 Å². The second-order valence-corrected chi connectivity index (χ2v) is 15.2. The van der Waals surface area contributed by atoms with E-state index in [1.165, 1.54) is 64.2 Å². The summed E-state index contributed by atoms with van der Waals surface area (Å²) < 4.78 is 16.0. The van der Waals surface area contributed by atoms with Crippen LogP contribution in [-0.4, -0.2) is 52.6 Å². The number of hydrogen-bond donors (Lipinski definition) is 3. The highest BCUT2D eigenvalue weighted by atomic mass is 31.2. The molecule has 3 N–H and O–H groups in total. The highest BCUT2D eigenvalue weighted by Gasteiger charge is 2.41. The predicted molar refractivity (Wildman–Crippen MR) is 158 cm³/mol. The molecule has 0 radical (unpaired) electrons. The van der Waals surface area contributed by atoms with Crippen LogP contribution in [0.1, 0.15) is 110 Å². The Morgan fingerprint density at radius 2 is 1.63 bits per heavy atom. The van der Waals surface area contributed by atoms with Gasteiger partial charge in [-0.3, -0.25) is 14.2 Å². The number of nitrogens with zero attached hydrogens (tertiary/aromatic N) is 1. The van der Waals surface area contributed by atoms with Crippen LogP contribution in [0.15, 0.2) is 0 Å². The first-order chi connectivity index (χ1) is 19.7. The molecule has 1 aliphatic heterocycles. The fourth-order valence-corrected chi connectivity index (χ4v) is 8.82. The largest absolute Gasteiger partial charge is 0.469 e. The van der Waals surface area contributed by atoms with Crippen molar-refractivity contribution < 1.29 is 28.5 Å². The number of carbonyl (C=O) groups excluding carboxylic acids is 1. The zero-order valence-corrected chi connectivity index (χ0v) is 25.9. The summed E-state index contributed by atoms with van der Waals surface area (Å²) in [6, 6.07) is -0.461. The number of rotatable bonds is 9. The Kier molecular flexibility index (Phi) is 11.3. The van der Waals surface area contributed by atoms with E-state index in [4.69, 9.17) is 9.36 Å². The highest BCUT2D eigenvalue weighted by molar-refractivity contribution is 7.46. The number of nitrogens with one attached hydrogen (secondary N) is 1. The lowest BCUT2D eigenvalue weighted by Gasteiger charge is -2.31. The molecule has 0 aromatic rings. The number of carbonyl (C=O) groups is 1. The molecule has 5 unspecified atom stereocenters. The molecule has 5 rings (SSSR count). The van der Waals surface area contributed by atoms with Crippen molar-refractivity contribution in [2.45, 2.75) is 122 Å². The monoisotopic (exact) mass is 592 g/mol. The summed E-state index contributed by atoms with van der Waals surface area (Å²) in [7, 11) is -4.60. The Bertz CT molecular complexity index is 961. The number of phosphoric acid groups is 1. The molecule has 1 amide bonds. The smallest absolute Gasteiger partial charge is 0.355 e. The summed E-state index contributed by atoms with van der Waals surface area (Å²) in [5.41, 5.74) is 0. The zero-order chi connectivity index (χ0) is 28.8. The van der Waals surface area contributed by atoms with Crippen molar-refractivity contribution in [3.63, 3.8) is 0 Å². The van der Waals surface area contributed by atoms with Crippen molar-refractivity contribution >= 4 is 13.7 Å². The van der Waals surface area contributed by atoms with E-state index in [0.29, 0.717) is 37.3 Å². The third kappa shape index (κ3) is 9.27. The van der Waals surface area contributed by atoms with Crippen LogP contribution in [0.3, 0.4) is 0 Å². The van der Waals surface area contributed by atoms with E-state index < -0.39 is 20.0 Å². The minimum atomic E-state index is -4.60. The van der Waals surface area contributed by atoms with Gasteiger partial charge in [-0.2, -0.15) is 5.06 Å². The first-order valence-corrected chi connectivity index (χ1v) is 18.2. The van der Waals surface area contributed by atoms with E-state index >= 15 is 0 Å². The zero-order valence-electron chi connectivity index (χ0n) is 25.1. The average molecular weight is 593 g/mol. The molecule has 4 aliphatic carbocycles. The molecular weight excluding hydrogens is 539 g/mol. The average Bonchev–Trinajstić information content (AvgIpc) is 3.56. The van der Waals surface area contributed by atoms with Crippen molar-refractivity contribution in [1.29, 1.82) is 0 Å². The Balaban J connectivity index is 1.10. The molecule has 9 heteroatoms. The van der Waals surface area contributed by atoms with Gasteiger partial charge in [-0.05, 0) is 107 Å². The molecule has 5 aliphatic rings. The molecule has 0 spiro atoms. The Labute approximate surface area is 247 Å². The lowest BCUT2D eigenvalue weighted by molar-refractivity contribution is -0.181. The molecule has 5 fully saturated rings. The van der Waals surface area contributed by atoms with E-state index in [-0.39, 0.29) is 12.5 Å². The van der Waals surface area contributed by atoms with Gasteiger partial charge in [0.2, 0.25) is 5.91 Å². The van der Waals surface area contributed by atoms with E-state index in [0.717, 1.165) is 55.8 Å². The highest BCUT2D eigenvalue weighted by Crippen LogP contribution is 2.47. The molecule has 1 heterocycles. The summed E-state index contributed by atoms with van der Waals surface area (Å²) in [6.07, 6.45) is 18.4. The molecule has 1 saturated heterocycles. The van der Waals surface area contributed by atoms with Gasteiger partial charge >= 0.3 is 7.82 Å². The molecule has 0 aromatic carbocycles. The van der Waals surface area contributed by atoms with Crippen LogP contribution < -0.4 is 5.32 Å². The maximum Gasteiger partial charge on any atom is 0.469 e. The molecular formula is C32H53N2O6P. The summed E-state index contributed by atoms with van der Waals surface area (Å²) >= 11 is 0. The van der Waals surface area contributed by atoms with Crippen LogP contribution in [0.25, 0.3) is 0 Å². The first kappa shape index (κ1) is 31.5. The van der Waals surface area contributed by atoms with Crippen LogP contribution in [-0.2, 0) is 18.7 Å². The van der Waals surface area contributed by atoms with Crippen molar-refractivity contribution in [2.24, 2.45) is 41.4 Å². The van der Waals surface area contributed by atoms with Crippen LogP contribution in [0.5, 0.6) is 0 Å². The third-order valence-corrected chi connectivity index (χ3v) is 11.4. The SMILES string of the molecule is CC1CCC(C#CC2CCC(CN3OC(COP(=O)(O)O)CC3C(=O)NCCC3CCC4CCCCC43)CC2)CC1. The topological polar surface area (TPSA) is 108 Å². The second-order valence-electron chi connectivity index (χ2n) is 14.0. The summed E-state index contributed by atoms with van der Waals surface area (Å²) in [5.74, 6) is 11.9. The van der Waals surface area contributed by atoms with Crippen molar-refractivity contribution in [3.05, 3.63) is 0 Å². The van der Waals surface area contributed by atoms with Gasteiger partial charge in [0.25, 0.3) is 0 Å². The predicted octanol–water partition coefficient (Wildman–Crippen LogP) is 5.83. The molecule has 0 bridgehead atoms. The number of hydroxylamine groups is 2. The Hall–Kier alpha value is -0.940. The minimum Gasteiger partial charge on any atom is -0.355 e. The maximum atomic E-state index is 13.4. The van der Waals surface area contributed by atoms with Gasteiger partial charge in [-0.15, -0.1) is 0 Å². The minimum absolute atomic E-state index is 0.0387. The standard InChI is InChI=1S/C32H53N2O6P/c1-23-6-8-24(9-7-23)10-11-25-12-14-26(15-13-25)21-34-31(20-29(40-34)22-39-41(36,37)38)32(35)33-19-18-28-17-16-27-4-2-3-5-30(27)28/h23-31H,2-9,12-22H2,1H3,(H,33,35)(H2,36,37,38). The van der Waals surface area contributed by atoms with Gasteiger partial charge in [0.05, 0.1) is 6.61 Å². The summed E-state index contributed by atoms with van der Waals surface area (Å²) in [5, 5.41) is 4.98.